The molecule has 3 heteroatoms. The molecular formula is C25H41ClN2. The minimum Gasteiger partial charge on any atom is -0.391 e. The van der Waals surface area contributed by atoms with Gasteiger partial charge in [0.1, 0.15) is 0 Å². The topological polar surface area (TPSA) is 24.4 Å². The highest BCUT2D eigenvalue weighted by Gasteiger charge is 2.28. The van der Waals surface area contributed by atoms with Crippen molar-refractivity contribution in [2.24, 2.45) is 10.4 Å². The molecule has 0 radical (unpaired) electrons. The average molecular weight is 405 g/mol. The Bertz CT molecular complexity index is 633. The third-order valence-corrected chi connectivity index (χ3v) is 5.61. The van der Waals surface area contributed by atoms with E-state index in [1.807, 2.05) is 45.2 Å². The molecule has 1 aromatic carbocycles. The highest BCUT2D eigenvalue weighted by atomic mass is 35.5. The van der Waals surface area contributed by atoms with E-state index in [9.17, 15) is 0 Å². The Morgan fingerprint density at radius 3 is 2.68 bits per heavy atom. The number of nitrogens with one attached hydrogen (secondary N) is 1. The van der Waals surface area contributed by atoms with Crippen molar-refractivity contribution in [1.82, 2.24) is 5.32 Å². The van der Waals surface area contributed by atoms with Gasteiger partial charge in [-0.15, -0.1) is 0 Å². The summed E-state index contributed by atoms with van der Waals surface area (Å²) in [7, 11) is 0. The van der Waals surface area contributed by atoms with Crippen LogP contribution in [0.5, 0.6) is 0 Å². The maximum atomic E-state index is 6.23. The molecule has 158 valence electrons. The van der Waals surface area contributed by atoms with Crippen LogP contribution in [-0.4, -0.2) is 19.3 Å². The fraction of sp³-hybridized carbons (Fsp3) is 0.560. The van der Waals surface area contributed by atoms with Gasteiger partial charge in [0.25, 0.3) is 0 Å². The van der Waals surface area contributed by atoms with Crippen LogP contribution in [0.1, 0.15) is 77.8 Å². The summed E-state index contributed by atoms with van der Waals surface area (Å²) in [6, 6.07) is 6.11. The summed E-state index contributed by atoms with van der Waals surface area (Å²) in [5.41, 5.74) is 2.75. The second kappa shape index (κ2) is 14.5. The molecule has 1 aliphatic rings. The van der Waals surface area contributed by atoms with Crippen LogP contribution in [0.25, 0.3) is 0 Å². The largest absolute Gasteiger partial charge is 0.391 e. The first-order valence-electron chi connectivity index (χ1n) is 10.4. The second-order valence-corrected chi connectivity index (χ2v) is 7.46. The van der Waals surface area contributed by atoms with Crippen LogP contribution >= 0.6 is 11.6 Å². The third-order valence-electron chi connectivity index (χ3n) is 5.20. The molecule has 0 bridgehead atoms. The SMILES string of the molecule is C.C/C=C/NCCC1(CCN=CC(C)c2cccc(Cl)c2C)C=CCC1.CC. The Labute approximate surface area is 179 Å². The molecule has 0 aromatic heterocycles. The lowest BCUT2D eigenvalue weighted by Gasteiger charge is -2.27. The van der Waals surface area contributed by atoms with Crippen LogP contribution in [0.4, 0.5) is 0 Å². The van der Waals surface area contributed by atoms with Gasteiger partial charge >= 0.3 is 0 Å². The van der Waals surface area contributed by atoms with E-state index in [-0.39, 0.29) is 7.43 Å². The van der Waals surface area contributed by atoms with Gasteiger partial charge in [-0.1, -0.05) is 70.2 Å². The molecule has 0 fully saturated rings. The number of aliphatic imine (C=N–C) groups is 1. The van der Waals surface area contributed by atoms with Gasteiger partial charge in [0.2, 0.25) is 0 Å². The molecule has 2 atom stereocenters. The summed E-state index contributed by atoms with van der Waals surface area (Å²) in [5, 5.41) is 4.20. The predicted molar refractivity (Wildman–Crippen MR) is 129 cm³/mol. The number of halogens is 1. The number of allylic oxidation sites excluding steroid dienone is 3. The van der Waals surface area contributed by atoms with Crippen LogP contribution in [0.15, 0.2) is 47.6 Å². The molecule has 1 aromatic rings. The number of nitrogens with zero attached hydrogens (tertiary/aromatic N) is 1. The molecule has 2 unspecified atom stereocenters. The van der Waals surface area contributed by atoms with Gasteiger partial charge < -0.3 is 5.32 Å². The molecule has 28 heavy (non-hydrogen) atoms. The maximum absolute atomic E-state index is 6.23. The van der Waals surface area contributed by atoms with Crippen molar-refractivity contribution in [2.45, 2.75) is 73.6 Å². The lowest BCUT2D eigenvalue weighted by Crippen LogP contribution is -2.22. The van der Waals surface area contributed by atoms with Crippen LogP contribution < -0.4 is 5.32 Å². The number of benzene rings is 1. The van der Waals surface area contributed by atoms with E-state index in [4.69, 9.17) is 16.6 Å². The van der Waals surface area contributed by atoms with Crippen LogP contribution in [0.2, 0.25) is 5.02 Å². The zero-order valence-electron chi connectivity index (χ0n) is 17.8. The zero-order chi connectivity index (χ0) is 20.1. The first-order chi connectivity index (χ1) is 13.1. The highest BCUT2D eigenvalue weighted by molar-refractivity contribution is 6.31. The van der Waals surface area contributed by atoms with E-state index in [1.54, 1.807) is 0 Å². The molecule has 1 N–H and O–H groups in total. The van der Waals surface area contributed by atoms with Crippen LogP contribution in [0.3, 0.4) is 0 Å². The predicted octanol–water partition coefficient (Wildman–Crippen LogP) is 7.72. The van der Waals surface area contributed by atoms with Gasteiger partial charge in [-0.3, -0.25) is 4.99 Å². The fourth-order valence-corrected chi connectivity index (χ4v) is 3.75. The molecule has 1 aliphatic carbocycles. The molecule has 0 amide bonds. The van der Waals surface area contributed by atoms with E-state index in [1.165, 1.54) is 24.8 Å². The van der Waals surface area contributed by atoms with Gasteiger partial charge in [0, 0.05) is 30.2 Å². The molecule has 0 spiro atoms. The van der Waals surface area contributed by atoms with Crippen LogP contribution in [0, 0.1) is 12.3 Å². The summed E-state index contributed by atoms with van der Waals surface area (Å²) >= 11 is 6.23. The third kappa shape index (κ3) is 8.22. The van der Waals surface area contributed by atoms with E-state index in [2.05, 4.69) is 43.6 Å². The minimum absolute atomic E-state index is 0. The van der Waals surface area contributed by atoms with Crippen molar-refractivity contribution in [2.75, 3.05) is 13.1 Å². The van der Waals surface area contributed by atoms with Gasteiger partial charge in [-0.25, -0.2) is 0 Å². The molecule has 0 saturated carbocycles. The Morgan fingerprint density at radius 2 is 2.04 bits per heavy atom. The molecule has 0 aliphatic heterocycles. The average Bonchev–Trinajstić information content (AvgIpc) is 3.15. The molecule has 0 saturated heterocycles. The van der Waals surface area contributed by atoms with Gasteiger partial charge in [0.15, 0.2) is 0 Å². The summed E-state index contributed by atoms with van der Waals surface area (Å²) in [6.45, 7) is 12.2. The zero-order valence-corrected chi connectivity index (χ0v) is 18.5. The number of rotatable bonds is 9. The summed E-state index contributed by atoms with van der Waals surface area (Å²) in [4.78, 5) is 4.74. The second-order valence-electron chi connectivity index (χ2n) is 7.06. The summed E-state index contributed by atoms with van der Waals surface area (Å²) < 4.78 is 0. The highest BCUT2D eigenvalue weighted by Crippen LogP contribution is 2.38. The Balaban J connectivity index is 0.00000235. The summed E-state index contributed by atoms with van der Waals surface area (Å²) in [6.07, 6.45) is 15.7. The Morgan fingerprint density at radius 1 is 1.29 bits per heavy atom. The Hall–Kier alpha value is -1.54. The van der Waals surface area contributed by atoms with Crippen LogP contribution in [-0.2, 0) is 0 Å². The normalized spacial score (nSPS) is 19.4. The monoisotopic (exact) mass is 404 g/mol. The first-order valence-corrected chi connectivity index (χ1v) is 10.7. The van der Waals surface area contributed by atoms with Crippen molar-refractivity contribution in [3.8, 4) is 0 Å². The fourth-order valence-electron chi connectivity index (χ4n) is 3.57. The molecule has 2 rings (SSSR count). The van der Waals surface area contributed by atoms with E-state index < -0.39 is 0 Å². The van der Waals surface area contributed by atoms with Crippen molar-refractivity contribution in [1.29, 1.82) is 0 Å². The van der Waals surface area contributed by atoms with Gasteiger partial charge in [0.05, 0.1) is 0 Å². The standard InChI is InChI=1S/C22H31ClN2.C2H6.CH4/c1-4-14-24-15-12-22(10-5-6-11-22)13-16-25-17-18(2)20-8-7-9-21(23)19(20)3;1-2;/h4-5,7-10,14,17-18,24H,6,11-13,15-16H2,1-3H3;1-2H3;1H4/b14-4+,25-17?;;. The van der Waals surface area contributed by atoms with Crippen molar-refractivity contribution in [3.05, 3.63) is 58.8 Å². The number of hydrogen-bond donors (Lipinski definition) is 1. The summed E-state index contributed by atoms with van der Waals surface area (Å²) in [5.74, 6) is 0.296. The van der Waals surface area contributed by atoms with Crippen molar-refractivity contribution in [3.63, 3.8) is 0 Å². The Kier molecular flexibility index (Phi) is 13.7. The maximum Gasteiger partial charge on any atom is 0.0438 e. The minimum atomic E-state index is 0. The quantitative estimate of drug-likeness (QED) is 0.254. The molecular weight excluding hydrogens is 364 g/mol. The van der Waals surface area contributed by atoms with Gasteiger partial charge in [-0.05, 0) is 68.3 Å². The van der Waals surface area contributed by atoms with E-state index in [0.717, 1.165) is 30.1 Å². The molecule has 0 heterocycles. The number of hydrogen-bond acceptors (Lipinski definition) is 2. The van der Waals surface area contributed by atoms with Crippen molar-refractivity contribution < 1.29 is 0 Å². The van der Waals surface area contributed by atoms with Crippen molar-refractivity contribution >= 4 is 17.8 Å². The van der Waals surface area contributed by atoms with E-state index in [0.29, 0.717) is 11.3 Å². The molecule has 2 nitrogen and oxygen atoms in total. The van der Waals surface area contributed by atoms with E-state index >= 15 is 0 Å². The smallest absolute Gasteiger partial charge is 0.0438 e. The lowest BCUT2D eigenvalue weighted by atomic mass is 9.80. The van der Waals surface area contributed by atoms with Gasteiger partial charge in [-0.2, -0.15) is 0 Å². The first kappa shape index (κ1) is 26.5. The lowest BCUT2D eigenvalue weighted by molar-refractivity contribution is 0.322.